The monoisotopic (exact) mass is 234 g/mol. The van der Waals surface area contributed by atoms with E-state index in [-0.39, 0.29) is 12.4 Å². The maximum Gasteiger partial charge on any atom is 0.336 e. The zero-order valence-corrected chi connectivity index (χ0v) is 9.49. The molecule has 3 N–H and O–H groups in total. The second-order valence-electron chi connectivity index (χ2n) is 2.89. The highest BCUT2D eigenvalue weighted by molar-refractivity contribution is 7.12. The summed E-state index contributed by atoms with van der Waals surface area (Å²) in [5.74, 6) is -0.837. The fourth-order valence-electron chi connectivity index (χ4n) is 1.19. The third kappa shape index (κ3) is 3.29. The summed E-state index contributed by atoms with van der Waals surface area (Å²) in [4.78, 5) is 12.8. The number of aryl methyl sites for hydroxylation is 2. The fraction of sp³-hybridized carbons (Fsp3) is 0.444. The molecule has 5 heteroatoms. The van der Waals surface area contributed by atoms with Crippen LogP contribution in [0.1, 0.15) is 26.5 Å². The number of halogens is 1. The van der Waals surface area contributed by atoms with Gasteiger partial charge in [-0.25, -0.2) is 4.79 Å². The predicted octanol–water partition coefficient (Wildman–Crippen LogP) is -1.35. The zero-order valence-electron chi connectivity index (χ0n) is 7.92. The molecule has 14 heavy (non-hydrogen) atoms. The van der Waals surface area contributed by atoms with Crippen LogP contribution < -0.4 is 18.1 Å². The summed E-state index contributed by atoms with van der Waals surface area (Å²) in [5.41, 5.74) is 5.81. The minimum Gasteiger partial charge on any atom is -1.00 e. The number of nitrogens with two attached hydrogens (primary N) is 1. The number of aromatic carboxylic acids is 1. The lowest BCUT2D eigenvalue weighted by Crippen LogP contribution is -3.00. The van der Waals surface area contributed by atoms with Gasteiger partial charge in [0, 0.05) is 9.75 Å². The Morgan fingerprint density at radius 2 is 2.29 bits per heavy atom. The molecule has 0 bridgehead atoms. The van der Waals surface area contributed by atoms with E-state index in [0.717, 1.165) is 22.6 Å². The molecule has 0 spiro atoms. The van der Waals surface area contributed by atoms with E-state index in [4.69, 9.17) is 10.8 Å². The van der Waals surface area contributed by atoms with Gasteiger partial charge in [-0.3, -0.25) is 0 Å². The average molecular weight is 235 g/mol. The molecule has 0 aliphatic rings. The molecule has 1 aromatic heterocycles. The second kappa shape index (κ2) is 6.01. The first-order valence-corrected chi connectivity index (χ1v) is 4.99. The van der Waals surface area contributed by atoms with Crippen LogP contribution in [0.2, 0.25) is 0 Å². The minimum absolute atomic E-state index is 0. The number of carboxylic acids is 1. The van der Waals surface area contributed by atoms with Gasteiger partial charge in [0.15, 0.2) is 0 Å². The smallest absolute Gasteiger partial charge is 0.336 e. The highest BCUT2D eigenvalue weighted by atomic mass is 35.5. The minimum atomic E-state index is -0.837. The molecule has 0 amide bonds. The van der Waals surface area contributed by atoms with E-state index in [0.29, 0.717) is 12.1 Å². The summed E-state index contributed by atoms with van der Waals surface area (Å²) >= 11 is 1.55. The third-order valence-corrected chi connectivity index (χ3v) is 2.88. The Labute approximate surface area is 93.3 Å². The van der Waals surface area contributed by atoms with Crippen molar-refractivity contribution in [1.29, 1.82) is 0 Å². The molecule has 0 saturated carbocycles. The molecule has 0 unspecified atom stereocenters. The van der Waals surface area contributed by atoms with Gasteiger partial charge >= 0.3 is 5.97 Å². The van der Waals surface area contributed by atoms with Crippen LogP contribution >= 0.6 is 11.3 Å². The fourth-order valence-corrected chi connectivity index (χ4v) is 2.26. The number of carboxylic acid groups (broad SMARTS) is 1. The molecule has 0 aliphatic heterocycles. The van der Waals surface area contributed by atoms with Gasteiger partial charge in [0.1, 0.15) is 0 Å². The number of carbonyl (C=O) groups is 1. The van der Waals surface area contributed by atoms with Crippen molar-refractivity contribution in [2.24, 2.45) is 5.73 Å². The maximum absolute atomic E-state index is 10.8. The molecular weight excluding hydrogens is 222 g/mol. The molecule has 1 aromatic rings. The molecule has 1 heterocycles. The summed E-state index contributed by atoms with van der Waals surface area (Å²) in [6.45, 7) is 2.53. The van der Waals surface area contributed by atoms with Gasteiger partial charge in [0.2, 0.25) is 0 Å². The Balaban J connectivity index is 0.00000169. The van der Waals surface area contributed by atoms with Crippen molar-refractivity contribution >= 4 is 17.3 Å². The Hall–Kier alpha value is -0.580. The van der Waals surface area contributed by atoms with Crippen molar-refractivity contribution in [3.8, 4) is 0 Å². The molecular formula is C9H13ClNO2S-. The van der Waals surface area contributed by atoms with E-state index in [9.17, 15) is 4.79 Å². The Bertz CT molecular complexity index is 312. The Morgan fingerprint density at radius 3 is 2.79 bits per heavy atom. The van der Waals surface area contributed by atoms with E-state index in [1.165, 1.54) is 0 Å². The van der Waals surface area contributed by atoms with Crippen LogP contribution in [0.5, 0.6) is 0 Å². The SMILES string of the molecule is Cc1cc(C(=O)O)c(CCCN)s1.[Cl-]. The molecule has 1 rings (SSSR count). The van der Waals surface area contributed by atoms with Crippen molar-refractivity contribution in [3.63, 3.8) is 0 Å². The van der Waals surface area contributed by atoms with Crippen LogP contribution in [0.15, 0.2) is 6.07 Å². The number of thiophene rings is 1. The first kappa shape index (κ1) is 13.4. The van der Waals surface area contributed by atoms with E-state index in [2.05, 4.69) is 0 Å². The summed E-state index contributed by atoms with van der Waals surface area (Å²) in [7, 11) is 0. The van der Waals surface area contributed by atoms with Gasteiger partial charge in [-0.05, 0) is 32.4 Å². The van der Waals surface area contributed by atoms with Crippen LogP contribution in [-0.2, 0) is 6.42 Å². The normalized spacial score (nSPS) is 9.57. The van der Waals surface area contributed by atoms with E-state index >= 15 is 0 Å². The third-order valence-electron chi connectivity index (χ3n) is 1.77. The molecule has 0 radical (unpaired) electrons. The molecule has 80 valence electrons. The summed E-state index contributed by atoms with van der Waals surface area (Å²) in [6, 6.07) is 1.72. The lowest BCUT2D eigenvalue weighted by atomic mass is 10.2. The molecule has 3 nitrogen and oxygen atoms in total. The van der Waals surface area contributed by atoms with Crippen LogP contribution in [0, 0.1) is 6.92 Å². The van der Waals surface area contributed by atoms with Gasteiger partial charge in [0.25, 0.3) is 0 Å². The van der Waals surface area contributed by atoms with Crippen molar-refractivity contribution in [2.75, 3.05) is 6.54 Å². The highest BCUT2D eigenvalue weighted by Crippen LogP contribution is 2.22. The van der Waals surface area contributed by atoms with Gasteiger partial charge in [0.05, 0.1) is 5.56 Å². The number of hydrogen-bond acceptors (Lipinski definition) is 3. The second-order valence-corrected chi connectivity index (χ2v) is 4.23. The molecule has 0 saturated heterocycles. The topological polar surface area (TPSA) is 63.3 Å². The molecule has 0 fully saturated rings. The van der Waals surface area contributed by atoms with Crippen LogP contribution in [0.3, 0.4) is 0 Å². The van der Waals surface area contributed by atoms with Gasteiger partial charge in [-0.2, -0.15) is 0 Å². The van der Waals surface area contributed by atoms with Gasteiger partial charge in [-0.15, -0.1) is 11.3 Å². The van der Waals surface area contributed by atoms with Crippen molar-refractivity contribution in [3.05, 3.63) is 21.4 Å². The van der Waals surface area contributed by atoms with Crippen LogP contribution in [0.25, 0.3) is 0 Å². The van der Waals surface area contributed by atoms with Crippen molar-refractivity contribution in [1.82, 2.24) is 0 Å². The largest absolute Gasteiger partial charge is 1.00 e. The Morgan fingerprint density at radius 1 is 1.64 bits per heavy atom. The summed E-state index contributed by atoms with van der Waals surface area (Å²) in [6.07, 6.45) is 1.62. The van der Waals surface area contributed by atoms with E-state index in [1.54, 1.807) is 17.4 Å². The quantitative estimate of drug-likeness (QED) is 0.677. The summed E-state index contributed by atoms with van der Waals surface area (Å²) in [5, 5.41) is 8.85. The van der Waals surface area contributed by atoms with E-state index < -0.39 is 5.97 Å². The van der Waals surface area contributed by atoms with E-state index in [1.807, 2.05) is 6.92 Å². The van der Waals surface area contributed by atoms with Gasteiger partial charge in [-0.1, -0.05) is 0 Å². The first-order valence-electron chi connectivity index (χ1n) is 4.18. The maximum atomic E-state index is 10.8. The Kier molecular flexibility index (Phi) is 5.76. The number of hydrogen-bond donors (Lipinski definition) is 2. The lowest BCUT2D eigenvalue weighted by molar-refractivity contribution is -0.0000184. The van der Waals surface area contributed by atoms with Crippen LogP contribution in [0.4, 0.5) is 0 Å². The van der Waals surface area contributed by atoms with Crippen LogP contribution in [-0.4, -0.2) is 17.6 Å². The predicted molar refractivity (Wildman–Crippen MR) is 53.4 cm³/mol. The first-order chi connectivity index (χ1) is 6.15. The van der Waals surface area contributed by atoms with Gasteiger partial charge < -0.3 is 23.2 Å². The molecule has 0 aliphatic carbocycles. The average Bonchev–Trinajstić information content (AvgIpc) is 2.43. The lowest BCUT2D eigenvalue weighted by Gasteiger charge is -1.96. The van der Waals surface area contributed by atoms with Crippen molar-refractivity contribution in [2.45, 2.75) is 19.8 Å². The molecule has 0 atom stereocenters. The molecule has 0 aromatic carbocycles. The standard InChI is InChI=1S/C9H13NO2S.ClH/c1-6-5-7(9(11)12)8(13-6)3-2-4-10;/h5H,2-4,10H2,1H3,(H,11,12);1H/p-1. The van der Waals surface area contributed by atoms with Crippen molar-refractivity contribution < 1.29 is 22.3 Å². The zero-order chi connectivity index (χ0) is 9.84. The number of rotatable bonds is 4. The summed E-state index contributed by atoms with van der Waals surface area (Å²) < 4.78 is 0. The highest BCUT2D eigenvalue weighted by Gasteiger charge is 2.12.